The van der Waals surface area contributed by atoms with Crippen LogP contribution in [0.1, 0.15) is 48.9 Å². The first kappa shape index (κ1) is 30.5. The maximum Gasteiger partial charge on any atom is 0.282 e. The van der Waals surface area contributed by atoms with Gasteiger partial charge in [-0.05, 0) is 118 Å². The summed E-state index contributed by atoms with van der Waals surface area (Å²) >= 11 is 2.28. The van der Waals surface area contributed by atoms with Crippen molar-refractivity contribution in [3.63, 3.8) is 0 Å². The van der Waals surface area contributed by atoms with Crippen molar-refractivity contribution in [1.82, 2.24) is 9.66 Å². The van der Waals surface area contributed by atoms with Crippen LogP contribution in [-0.2, 0) is 6.61 Å². The Hall–Kier alpha value is -4.50. The van der Waals surface area contributed by atoms with Gasteiger partial charge in [0, 0.05) is 5.56 Å². The number of benzene rings is 5. The number of para-hydroxylation sites is 1. The predicted octanol–water partition coefficient (Wildman–Crippen LogP) is 9.11. The van der Waals surface area contributed by atoms with Gasteiger partial charge in [-0.15, -0.1) is 0 Å². The minimum Gasteiger partial charge on any atom is -0.494 e. The van der Waals surface area contributed by atoms with Gasteiger partial charge in [-0.1, -0.05) is 68.4 Å². The zero-order valence-corrected chi connectivity index (χ0v) is 27.9. The average Bonchev–Trinajstić information content (AvgIpc) is 3.04. The van der Waals surface area contributed by atoms with Gasteiger partial charge in [0.15, 0.2) is 5.82 Å². The highest BCUT2D eigenvalue weighted by molar-refractivity contribution is 14.1. The van der Waals surface area contributed by atoms with E-state index in [0.29, 0.717) is 29.9 Å². The van der Waals surface area contributed by atoms with E-state index in [2.05, 4.69) is 72.8 Å². The Morgan fingerprint density at radius 3 is 2.42 bits per heavy atom. The number of aryl methyl sites for hydroxylation is 1. The lowest BCUT2D eigenvalue weighted by molar-refractivity contribution is 0.305. The van der Waals surface area contributed by atoms with Crippen LogP contribution in [0.4, 0.5) is 0 Å². The van der Waals surface area contributed by atoms with Crippen molar-refractivity contribution in [1.29, 1.82) is 0 Å². The Labute approximate surface area is 276 Å². The number of hydrogen-bond acceptors (Lipinski definition) is 5. The summed E-state index contributed by atoms with van der Waals surface area (Å²) in [5.41, 5.74) is 5.24. The standard InChI is InChI=1S/C38H34IN3O3/c1-5-44-36-19-25(4)32(21-31(36)24(2)3)37-41-34-16-9-8-15-30(34)38(43)42(37)40-22-26-17-18-35(33(39)20-26)45-23-28-13-10-12-27-11-6-7-14-29(27)28/h6-22,24H,5,23H2,1-4H3. The van der Waals surface area contributed by atoms with Crippen LogP contribution in [-0.4, -0.2) is 22.5 Å². The molecule has 0 saturated heterocycles. The van der Waals surface area contributed by atoms with Crippen molar-refractivity contribution >= 4 is 50.5 Å². The first-order chi connectivity index (χ1) is 21.8. The summed E-state index contributed by atoms with van der Waals surface area (Å²) in [6, 6.07) is 32.0. The number of fused-ring (bicyclic) bond motifs is 2. The van der Waals surface area contributed by atoms with Gasteiger partial charge < -0.3 is 9.47 Å². The highest BCUT2D eigenvalue weighted by Gasteiger charge is 2.18. The molecule has 0 saturated carbocycles. The fourth-order valence-corrected chi connectivity index (χ4v) is 6.18. The van der Waals surface area contributed by atoms with Crippen molar-refractivity contribution < 1.29 is 9.47 Å². The van der Waals surface area contributed by atoms with Gasteiger partial charge in [0.25, 0.3) is 5.56 Å². The van der Waals surface area contributed by atoms with E-state index in [9.17, 15) is 4.79 Å². The van der Waals surface area contributed by atoms with Crippen LogP contribution < -0.4 is 15.0 Å². The summed E-state index contributed by atoms with van der Waals surface area (Å²) in [5, 5.41) is 7.61. The van der Waals surface area contributed by atoms with Crippen molar-refractivity contribution in [3.8, 4) is 22.9 Å². The number of ether oxygens (including phenoxy) is 2. The summed E-state index contributed by atoms with van der Waals surface area (Å²) in [7, 11) is 0. The third-order valence-corrected chi connectivity index (χ3v) is 8.66. The smallest absolute Gasteiger partial charge is 0.282 e. The second-order valence-electron chi connectivity index (χ2n) is 11.2. The first-order valence-corrected chi connectivity index (χ1v) is 16.1. The zero-order chi connectivity index (χ0) is 31.5. The molecular weight excluding hydrogens is 673 g/mol. The molecule has 5 aromatic carbocycles. The predicted molar refractivity (Wildman–Crippen MR) is 192 cm³/mol. The topological polar surface area (TPSA) is 65.7 Å². The monoisotopic (exact) mass is 707 g/mol. The number of rotatable bonds is 9. The molecule has 7 heteroatoms. The maximum atomic E-state index is 13.8. The molecular formula is C38H34IN3O3. The van der Waals surface area contributed by atoms with Gasteiger partial charge in [-0.2, -0.15) is 9.78 Å². The molecule has 226 valence electrons. The molecule has 0 aliphatic carbocycles. The highest BCUT2D eigenvalue weighted by Crippen LogP contribution is 2.34. The van der Waals surface area contributed by atoms with E-state index < -0.39 is 0 Å². The Morgan fingerprint density at radius 2 is 1.64 bits per heavy atom. The SMILES string of the molecule is CCOc1cc(C)c(-c2nc3ccccc3c(=O)n2N=Cc2ccc(OCc3cccc4ccccc34)c(I)c2)cc1C(C)C. The van der Waals surface area contributed by atoms with Crippen LogP contribution >= 0.6 is 22.6 Å². The fraction of sp³-hybridized carbons (Fsp3) is 0.184. The van der Waals surface area contributed by atoms with Crippen molar-refractivity contribution in [3.05, 3.63) is 133 Å². The van der Waals surface area contributed by atoms with Gasteiger partial charge in [0.1, 0.15) is 18.1 Å². The molecule has 6 rings (SSSR count). The number of halogens is 1. The lowest BCUT2D eigenvalue weighted by Crippen LogP contribution is -2.21. The van der Waals surface area contributed by atoms with Gasteiger partial charge in [-0.3, -0.25) is 4.79 Å². The van der Waals surface area contributed by atoms with Crippen LogP contribution in [0, 0.1) is 10.5 Å². The molecule has 0 bridgehead atoms. The van der Waals surface area contributed by atoms with Crippen LogP contribution in [0.5, 0.6) is 11.5 Å². The quantitative estimate of drug-likeness (QED) is 0.111. The molecule has 45 heavy (non-hydrogen) atoms. The van der Waals surface area contributed by atoms with Gasteiger partial charge in [0.05, 0.1) is 27.3 Å². The molecule has 0 N–H and O–H groups in total. The Kier molecular flexibility index (Phi) is 8.98. The number of hydrogen-bond donors (Lipinski definition) is 0. The Morgan fingerprint density at radius 1 is 0.889 bits per heavy atom. The fourth-order valence-electron chi connectivity index (χ4n) is 5.49. The van der Waals surface area contributed by atoms with E-state index in [1.807, 2.05) is 68.4 Å². The van der Waals surface area contributed by atoms with Crippen molar-refractivity contribution in [2.75, 3.05) is 6.61 Å². The molecule has 6 nitrogen and oxygen atoms in total. The summed E-state index contributed by atoms with van der Waals surface area (Å²) in [4.78, 5) is 18.8. The zero-order valence-electron chi connectivity index (χ0n) is 25.8. The molecule has 0 aliphatic rings. The number of aromatic nitrogens is 2. The van der Waals surface area contributed by atoms with E-state index in [-0.39, 0.29) is 11.5 Å². The summed E-state index contributed by atoms with van der Waals surface area (Å²) < 4.78 is 14.5. The maximum absolute atomic E-state index is 13.8. The van der Waals surface area contributed by atoms with Gasteiger partial charge >= 0.3 is 0 Å². The van der Waals surface area contributed by atoms with Crippen LogP contribution in [0.25, 0.3) is 33.1 Å². The van der Waals surface area contributed by atoms with E-state index in [1.54, 1.807) is 12.3 Å². The third kappa shape index (κ3) is 6.35. The van der Waals surface area contributed by atoms with E-state index in [1.165, 1.54) is 15.4 Å². The largest absolute Gasteiger partial charge is 0.494 e. The second-order valence-corrected chi connectivity index (χ2v) is 12.4. The molecule has 0 spiro atoms. The van der Waals surface area contributed by atoms with Crippen molar-refractivity contribution in [2.45, 2.75) is 40.2 Å². The molecule has 0 atom stereocenters. The minimum atomic E-state index is -0.226. The lowest BCUT2D eigenvalue weighted by Gasteiger charge is -2.18. The molecule has 0 fully saturated rings. The molecule has 1 aromatic heterocycles. The second kappa shape index (κ2) is 13.2. The van der Waals surface area contributed by atoms with Crippen molar-refractivity contribution in [2.24, 2.45) is 5.10 Å². The van der Waals surface area contributed by atoms with Crippen LogP contribution in [0.2, 0.25) is 0 Å². The highest BCUT2D eigenvalue weighted by atomic mass is 127. The summed E-state index contributed by atoms with van der Waals surface area (Å²) in [5.74, 6) is 2.35. The Bertz CT molecular complexity index is 2110. The van der Waals surface area contributed by atoms with E-state index >= 15 is 0 Å². The molecule has 1 heterocycles. The lowest BCUT2D eigenvalue weighted by atomic mass is 9.96. The van der Waals surface area contributed by atoms with E-state index in [4.69, 9.17) is 19.6 Å². The minimum absolute atomic E-state index is 0.221. The van der Waals surface area contributed by atoms with E-state index in [0.717, 1.165) is 42.9 Å². The Balaban J connectivity index is 1.35. The first-order valence-electron chi connectivity index (χ1n) is 15.1. The molecule has 6 aromatic rings. The summed E-state index contributed by atoms with van der Waals surface area (Å²) in [6.45, 7) is 9.30. The van der Waals surface area contributed by atoms with Crippen LogP contribution in [0.3, 0.4) is 0 Å². The third-order valence-electron chi connectivity index (χ3n) is 7.81. The molecule has 0 radical (unpaired) electrons. The summed E-state index contributed by atoms with van der Waals surface area (Å²) in [6.07, 6.45) is 1.70. The molecule has 0 unspecified atom stereocenters. The molecule has 0 aliphatic heterocycles. The van der Waals surface area contributed by atoms with Crippen LogP contribution in [0.15, 0.2) is 107 Å². The van der Waals surface area contributed by atoms with Gasteiger partial charge in [-0.25, -0.2) is 4.98 Å². The average molecular weight is 708 g/mol. The number of nitrogens with zero attached hydrogens (tertiary/aromatic N) is 3. The normalized spacial score (nSPS) is 11.6. The molecule has 0 amide bonds. The van der Waals surface area contributed by atoms with Gasteiger partial charge in [0.2, 0.25) is 0 Å².